The molecule has 0 atom stereocenters. The Bertz CT molecular complexity index is 757. The molecular weight excluding hydrogens is 230 g/mol. The van der Waals surface area contributed by atoms with Crippen LogP contribution in [0.3, 0.4) is 0 Å². The summed E-state index contributed by atoms with van der Waals surface area (Å²) in [7, 11) is 0. The van der Waals surface area contributed by atoms with Gasteiger partial charge < -0.3 is 0 Å². The van der Waals surface area contributed by atoms with Crippen LogP contribution in [0.15, 0.2) is 48.5 Å². The van der Waals surface area contributed by atoms with E-state index in [0.29, 0.717) is 0 Å². The first kappa shape index (κ1) is 11.9. The van der Waals surface area contributed by atoms with Gasteiger partial charge in [0, 0.05) is 10.9 Å². The number of aryl methyl sites for hydroxylation is 3. The van der Waals surface area contributed by atoms with Crippen molar-refractivity contribution in [2.75, 3.05) is 0 Å². The van der Waals surface area contributed by atoms with Gasteiger partial charge in [-0.25, -0.2) is 4.98 Å². The molecule has 0 aliphatic rings. The van der Waals surface area contributed by atoms with Crippen LogP contribution in [0.25, 0.3) is 22.2 Å². The van der Waals surface area contributed by atoms with Gasteiger partial charge in [-0.2, -0.15) is 0 Å². The number of hydrogen-bond acceptors (Lipinski definition) is 1. The monoisotopic (exact) mass is 247 g/mol. The van der Waals surface area contributed by atoms with E-state index in [-0.39, 0.29) is 0 Å². The van der Waals surface area contributed by atoms with Crippen molar-refractivity contribution in [1.82, 2.24) is 4.98 Å². The van der Waals surface area contributed by atoms with Crippen molar-refractivity contribution < 1.29 is 0 Å². The average Bonchev–Trinajstić information content (AvgIpc) is 2.39. The minimum absolute atomic E-state index is 1.07. The van der Waals surface area contributed by atoms with Gasteiger partial charge in [-0.05, 0) is 49.6 Å². The van der Waals surface area contributed by atoms with Crippen molar-refractivity contribution in [1.29, 1.82) is 0 Å². The molecule has 0 amide bonds. The summed E-state index contributed by atoms with van der Waals surface area (Å²) in [5.74, 6) is 0. The van der Waals surface area contributed by atoms with Gasteiger partial charge in [0.2, 0.25) is 0 Å². The van der Waals surface area contributed by atoms with E-state index >= 15 is 0 Å². The van der Waals surface area contributed by atoms with Gasteiger partial charge in [0.1, 0.15) is 0 Å². The molecule has 0 bridgehead atoms. The molecule has 0 spiro atoms. The molecule has 2 aromatic carbocycles. The van der Waals surface area contributed by atoms with E-state index in [1.807, 2.05) is 0 Å². The average molecular weight is 247 g/mol. The predicted octanol–water partition coefficient (Wildman–Crippen LogP) is 4.83. The number of pyridine rings is 1. The van der Waals surface area contributed by atoms with Crippen molar-refractivity contribution in [3.63, 3.8) is 0 Å². The lowest BCUT2D eigenvalue weighted by molar-refractivity contribution is 1.30. The number of hydrogen-bond donors (Lipinski definition) is 0. The van der Waals surface area contributed by atoms with Crippen LogP contribution in [0.4, 0.5) is 0 Å². The van der Waals surface area contributed by atoms with E-state index in [2.05, 4.69) is 69.3 Å². The molecule has 3 aromatic rings. The molecule has 94 valence electrons. The second-order valence-electron chi connectivity index (χ2n) is 5.16. The largest absolute Gasteiger partial charge is 0.247 e. The molecule has 19 heavy (non-hydrogen) atoms. The zero-order chi connectivity index (χ0) is 13.4. The van der Waals surface area contributed by atoms with Crippen LogP contribution in [-0.2, 0) is 0 Å². The lowest BCUT2D eigenvalue weighted by Gasteiger charge is -2.10. The number of rotatable bonds is 1. The van der Waals surface area contributed by atoms with E-state index in [4.69, 9.17) is 4.98 Å². The van der Waals surface area contributed by atoms with Gasteiger partial charge in [-0.3, -0.25) is 0 Å². The Morgan fingerprint density at radius 2 is 1.58 bits per heavy atom. The Morgan fingerprint density at radius 3 is 2.37 bits per heavy atom. The second-order valence-corrected chi connectivity index (χ2v) is 5.16. The summed E-state index contributed by atoms with van der Waals surface area (Å²) >= 11 is 0. The lowest BCUT2D eigenvalue weighted by atomic mass is 10.00. The first-order valence-corrected chi connectivity index (χ1v) is 6.59. The molecule has 1 heterocycles. The minimum atomic E-state index is 1.07. The lowest BCUT2D eigenvalue weighted by Crippen LogP contribution is -1.92. The van der Waals surface area contributed by atoms with Gasteiger partial charge in [0.15, 0.2) is 0 Å². The van der Waals surface area contributed by atoms with Crippen molar-refractivity contribution in [2.24, 2.45) is 0 Å². The normalized spacial score (nSPS) is 10.9. The highest BCUT2D eigenvalue weighted by molar-refractivity contribution is 5.84. The highest BCUT2D eigenvalue weighted by atomic mass is 14.7. The first-order chi connectivity index (χ1) is 9.15. The van der Waals surface area contributed by atoms with Crippen LogP contribution in [0.2, 0.25) is 0 Å². The Kier molecular flexibility index (Phi) is 2.83. The van der Waals surface area contributed by atoms with Gasteiger partial charge >= 0.3 is 0 Å². The number of aromatic nitrogens is 1. The Morgan fingerprint density at radius 1 is 0.789 bits per heavy atom. The molecule has 1 nitrogen and oxygen atoms in total. The summed E-state index contributed by atoms with van der Waals surface area (Å²) < 4.78 is 0. The third-order valence-electron chi connectivity index (χ3n) is 3.56. The molecular formula is C18H17N. The third kappa shape index (κ3) is 2.12. The van der Waals surface area contributed by atoms with E-state index in [9.17, 15) is 0 Å². The van der Waals surface area contributed by atoms with Crippen molar-refractivity contribution in [3.8, 4) is 11.3 Å². The molecule has 0 fully saturated rings. The molecule has 3 rings (SSSR count). The van der Waals surface area contributed by atoms with E-state index in [1.165, 1.54) is 27.6 Å². The van der Waals surface area contributed by atoms with Gasteiger partial charge in [0.25, 0.3) is 0 Å². The van der Waals surface area contributed by atoms with E-state index in [1.54, 1.807) is 0 Å². The molecule has 1 heteroatoms. The quantitative estimate of drug-likeness (QED) is 0.600. The summed E-state index contributed by atoms with van der Waals surface area (Å²) in [5, 5.41) is 1.21. The maximum absolute atomic E-state index is 4.87. The van der Waals surface area contributed by atoms with Gasteiger partial charge in [-0.1, -0.05) is 36.4 Å². The fourth-order valence-electron chi connectivity index (χ4n) is 2.49. The summed E-state index contributed by atoms with van der Waals surface area (Å²) in [6.07, 6.45) is 0. The SMILES string of the molecule is Cc1ccc2cc(C)c(-c3ccccc3C)nc2c1. The molecule has 0 aliphatic carbocycles. The Labute approximate surface area is 113 Å². The maximum Gasteiger partial charge on any atom is 0.0741 e. The topological polar surface area (TPSA) is 12.9 Å². The number of nitrogens with zero attached hydrogens (tertiary/aromatic N) is 1. The first-order valence-electron chi connectivity index (χ1n) is 6.59. The fourth-order valence-corrected chi connectivity index (χ4v) is 2.49. The van der Waals surface area contributed by atoms with Crippen LogP contribution < -0.4 is 0 Å². The Balaban J connectivity index is 2.30. The summed E-state index contributed by atoms with van der Waals surface area (Å²) in [6, 6.07) is 17.1. The molecule has 0 radical (unpaired) electrons. The summed E-state index contributed by atoms with van der Waals surface area (Å²) in [6.45, 7) is 6.37. The maximum atomic E-state index is 4.87. The van der Waals surface area contributed by atoms with E-state index < -0.39 is 0 Å². The smallest absolute Gasteiger partial charge is 0.0741 e. The van der Waals surface area contributed by atoms with Gasteiger partial charge in [-0.15, -0.1) is 0 Å². The highest BCUT2D eigenvalue weighted by Crippen LogP contribution is 2.27. The van der Waals surface area contributed by atoms with Crippen LogP contribution in [-0.4, -0.2) is 4.98 Å². The molecule has 0 saturated heterocycles. The molecule has 0 N–H and O–H groups in total. The van der Waals surface area contributed by atoms with Crippen LogP contribution in [0, 0.1) is 20.8 Å². The standard InChI is InChI=1S/C18H17N/c1-12-8-9-15-11-14(3)18(19-17(15)10-12)16-7-5-4-6-13(16)2/h4-11H,1-3H3. The van der Waals surface area contributed by atoms with Crippen molar-refractivity contribution in [2.45, 2.75) is 20.8 Å². The molecule has 1 aromatic heterocycles. The predicted molar refractivity (Wildman–Crippen MR) is 81.4 cm³/mol. The Hall–Kier alpha value is -2.15. The van der Waals surface area contributed by atoms with Crippen LogP contribution in [0.1, 0.15) is 16.7 Å². The summed E-state index contributed by atoms with van der Waals surface area (Å²) in [4.78, 5) is 4.87. The number of fused-ring (bicyclic) bond motifs is 1. The van der Waals surface area contributed by atoms with Crippen molar-refractivity contribution in [3.05, 3.63) is 65.2 Å². The minimum Gasteiger partial charge on any atom is -0.247 e. The second kappa shape index (κ2) is 4.51. The summed E-state index contributed by atoms with van der Waals surface area (Å²) in [5.41, 5.74) is 7.14. The van der Waals surface area contributed by atoms with Crippen molar-refractivity contribution >= 4 is 10.9 Å². The fraction of sp³-hybridized carbons (Fsp3) is 0.167. The zero-order valence-corrected chi connectivity index (χ0v) is 11.6. The molecule has 0 aliphatic heterocycles. The third-order valence-corrected chi connectivity index (χ3v) is 3.56. The molecule has 0 saturated carbocycles. The van der Waals surface area contributed by atoms with Crippen LogP contribution in [0.5, 0.6) is 0 Å². The van der Waals surface area contributed by atoms with Gasteiger partial charge in [0.05, 0.1) is 11.2 Å². The van der Waals surface area contributed by atoms with Crippen LogP contribution >= 0.6 is 0 Å². The highest BCUT2D eigenvalue weighted by Gasteiger charge is 2.08. The van der Waals surface area contributed by atoms with E-state index in [0.717, 1.165) is 11.2 Å². The zero-order valence-electron chi connectivity index (χ0n) is 11.6. The molecule has 0 unspecified atom stereocenters. The number of benzene rings is 2.